The zero-order chi connectivity index (χ0) is 20.5. The van der Waals surface area contributed by atoms with Crippen LogP contribution in [0.15, 0.2) is 45.3 Å². The monoisotopic (exact) mass is 547 g/mol. The van der Waals surface area contributed by atoms with Gasteiger partial charge in [-0.1, -0.05) is 6.07 Å². The lowest BCUT2D eigenvalue weighted by molar-refractivity contribution is 0.0186. The number of nitrogens with zero attached hydrogens (tertiary/aromatic N) is 3. The lowest BCUT2D eigenvalue weighted by Crippen LogP contribution is -2.43. The van der Waals surface area contributed by atoms with E-state index in [0.717, 1.165) is 44.6 Å². The summed E-state index contributed by atoms with van der Waals surface area (Å²) in [5, 5.41) is 9.01. The lowest BCUT2D eigenvalue weighted by Gasteiger charge is -2.33. The molecule has 168 valence electrons. The van der Waals surface area contributed by atoms with E-state index in [1.807, 2.05) is 12.1 Å². The minimum Gasteiger partial charge on any atom is -0.468 e. The Morgan fingerprint density at radius 2 is 2.03 bits per heavy atom. The highest BCUT2D eigenvalue weighted by atomic mass is 127. The minimum atomic E-state index is 0. The predicted molar refractivity (Wildman–Crippen MR) is 134 cm³/mol. The number of hydrogen-bond donors (Lipinski definition) is 2. The number of aliphatic imine (C=N–C) groups is 1. The van der Waals surface area contributed by atoms with Crippen LogP contribution in [0.4, 0.5) is 0 Å². The van der Waals surface area contributed by atoms with Crippen LogP contribution in [0, 0.1) is 0 Å². The summed E-state index contributed by atoms with van der Waals surface area (Å²) in [6, 6.07) is 8.69. The quantitative estimate of drug-likeness (QED) is 0.286. The normalized spacial score (nSPS) is 17.4. The summed E-state index contributed by atoms with van der Waals surface area (Å²) in [5.74, 6) is 1.78. The Balaban J connectivity index is 0.00000320. The smallest absolute Gasteiger partial charge is 0.191 e. The van der Waals surface area contributed by atoms with Gasteiger partial charge in [-0.25, -0.2) is 0 Å². The summed E-state index contributed by atoms with van der Waals surface area (Å²) >= 11 is 1.80. The zero-order valence-electron chi connectivity index (χ0n) is 18.0. The first kappa shape index (κ1) is 25.1. The Morgan fingerprint density at radius 1 is 1.23 bits per heavy atom. The van der Waals surface area contributed by atoms with Crippen molar-refractivity contribution in [2.75, 3.05) is 60.0 Å². The van der Waals surface area contributed by atoms with Gasteiger partial charge in [-0.3, -0.25) is 14.8 Å². The minimum absolute atomic E-state index is 0. The molecule has 1 aliphatic heterocycles. The topological polar surface area (TPSA) is 65.3 Å². The van der Waals surface area contributed by atoms with Crippen molar-refractivity contribution in [3.8, 4) is 0 Å². The summed E-state index contributed by atoms with van der Waals surface area (Å²) < 4.78 is 11.2. The molecular formula is C21H34IN5O2S. The molecule has 3 heterocycles. The molecule has 0 spiro atoms. The molecular weight excluding hydrogens is 513 g/mol. The van der Waals surface area contributed by atoms with Gasteiger partial charge in [-0.2, -0.15) is 0 Å². The second kappa shape index (κ2) is 13.3. The highest BCUT2D eigenvalue weighted by Crippen LogP contribution is 2.26. The predicted octanol–water partition coefficient (Wildman–Crippen LogP) is 3.19. The first-order valence-corrected chi connectivity index (χ1v) is 11.1. The zero-order valence-corrected chi connectivity index (χ0v) is 21.2. The Kier molecular flexibility index (Phi) is 11.1. The van der Waals surface area contributed by atoms with Gasteiger partial charge in [0.2, 0.25) is 0 Å². The van der Waals surface area contributed by atoms with Crippen LogP contribution >= 0.6 is 35.3 Å². The van der Waals surface area contributed by atoms with E-state index in [9.17, 15) is 0 Å². The standard InChI is InChI=1S/C21H33N5O2S.HI/c1-4-22-21(23-15-17(25(2)3)19-7-5-11-28-19)24-16-18(20-8-6-14-29-20)26-9-12-27-13-10-26;/h5-8,11,14,17-18H,4,9-10,12-13,15-16H2,1-3H3,(H2,22,23,24);1H. The van der Waals surface area contributed by atoms with Crippen molar-refractivity contribution in [1.82, 2.24) is 20.4 Å². The largest absolute Gasteiger partial charge is 0.468 e. The highest BCUT2D eigenvalue weighted by molar-refractivity contribution is 14.0. The van der Waals surface area contributed by atoms with Crippen LogP contribution in [0.1, 0.15) is 29.6 Å². The Morgan fingerprint density at radius 3 is 2.63 bits per heavy atom. The van der Waals surface area contributed by atoms with Crippen LogP contribution in [0.2, 0.25) is 0 Å². The van der Waals surface area contributed by atoms with E-state index in [-0.39, 0.29) is 36.1 Å². The van der Waals surface area contributed by atoms with Crippen LogP contribution in [-0.4, -0.2) is 75.8 Å². The van der Waals surface area contributed by atoms with E-state index >= 15 is 0 Å². The second-order valence-corrected chi connectivity index (χ2v) is 8.25. The van der Waals surface area contributed by atoms with E-state index in [1.54, 1.807) is 17.6 Å². The number of morpholine rings is 1. The van der Waals surface area contributed by atoms with Gasteiger partial charge in [0, 0.05) is 31.1 Å². The fourth-order valence-corrected chi connectivity index (χ4v) is 4.34. The van der Waals surface area contributed by atoms with E-state index in [4.69, 9.17) is 14.1 Å². The molecule has 0 aromatic carbocycles. The van der Waals surface area contributed by atoms with Gasteiger partial charge in [0.05, 0.1) is 38.1 Å². The maximum Gasteiger partial charge on any atom is 0.191 e. The van der Waals surface area contributed by atoms with Crippen LogP contribution < -0.4 is 10.6 Å². The van der Waals surface area contributed by atoms with Gasteiger partial charge in [0.1, 0.15) is 5.76 Å². The molecule has 0 bridgehead atoms. The summed E-state index contributed by atoms with van der Waals surface area (Å²) in [5.41, 5.74) is 0. The van der Waals surface area contributed by atoms with Crippen molar-refractivity contribution in [1.29, 1.82) is 0 Å². The number of thiophene rings is 1. The third-order valence-electron chi connectivity index (χ3n) is 5.08. The number of likely N-dealkylation sites (N-methyl/N-ethyl adjacent to an activating group) is 1. The average Bonchev–Trinajstić information content (AvgIpc) is 3.43. The number of guanidine groups is 1. The molecule has 1 saturated heterocycles. The Hall–Kier alpha value is -1.14. The molecule has 1 fully saturated rings. The molecule has 30 heavy (non-hydrogen) atoms. The number of furan rings is 1. The molecule has 3 rings (SSSR count). The molecule has 0 aliphatic carbocycles. The third-order valence-corrected chi connectivity index (χ3v) is 6.06. The van der Waals surface area contributed by atoms with Gasteiger partial charge < -0.3 is 19.8 Å². The lowest BCUT2D eigenvalue weighted by atomic mass is 10.2. The van der Waals surface area contributed by atoms with Gasteiger partial charge in [0.25, 0.3) is 0 Å². The summed E-state index contributed by atoms with van der Waals surface area (Å²) in [6.45, 7) is 7.81. The SMILES string of the molecule is CCNC(=NCC(c1cccs1)N1CCOCC1)NCC(c1ccco1)N(C)C.I. The molecule has 1 aliphatic rings. The van der Waals surface area contributed by atoms with Crippen LogP contribution in [0.5, 0.6) is 0 Å². The molecule has 2 aromatic heterocycles. The first-order valence-electron chi connectivity index (χ1n) is 10.3. The Bertz CT molecular complexity index is 718. The fraction of sp³-hybridized carbons (Fsp3) is 0.571. The molecule has 0 amide bonds. The van der Waals surface area contributed by atoms with Gasteiger partial charge in [-0.15, -0.1) is 35.3 Å². The molecule has 2 N–H and O–H groups in total. The van der Waals surface area contributed by atoms with Crippen molar-refractivity contribution < 1.29 is 9.15 Å². The third kappa shape index (κ3) is 7.23. The van der Waals surface area contributed by atoms with Crippen molar-refractivity contribution in [2.45, 2.75) is 19.0 Å². The average molecular weight is 548 g/mol. The van der Waals surface area contributed by atoms with Crippen molar-refractivity contribution in [2.24, 2.45) is 4.99 Å². The highest BCUT2D eigenvalue weighted by Gasteiger charge is 2.23. The van der Waals surface area contributed by atoms with Crippen LogP contribution in [-0.2, 0) is 4.74 Å². The number of nitrogens with one attached hydrogen (secondary N) is 2. The maximum atomic E-state index is 5.62. The molecule has 2 unspecified atom stereocenters. The number of ether oxygens (including phenoxy) is 1. The first-order chi connectivity index (χ1) is 14.2. The number of halogens is 1. The van der Waals surface area contributed by atoms with Crippen molar-refractivity contribution >= 4 is 41.3 Å². The molecule has 2 aromatic rings. The molecule has 0 radical (unpaired) electrons. The molecule has 2 atom stereocenters. The van der Waals surface area contributed by atoms with Crippen molar-refractivity contribution in [3.05, 3.63) is 46.5 Å². The molecule has 7 nitrogen and oxygen atoms in total. The van der Waals surface area contributed by atoms with E-state index in [2.05, 4.69) is 59.0 Å². The fourth-order valence-electron chi connectivity index (χ4n) is 3.49. The van der Waals surface area contributed by atoms with Gasteiger partial charge in [-0.05, 0) is 44.6 Å². The van der Waals surface area contributed by atoms with Gasteiger partial charge in [0.15, 0.2) is 5.96 Å². The van der Waals surface area contributed by atoms with Crippen molar-refractivity contribution in [3.63, 3.8) is 0 Å². The van der Waals surface area contributed by atoms with Crippen LogP contribution in [0.25, 0.3) is 0 Å². The van der Waals surface area contributed by atoms with E-state index < -0.39 is 0 Å². The van der Waals surface area contributed by atoms with Crippen LogP contribution in [0.3, 0.4) is 0 Å². The summed E-state index contributed by atoms with van der Waals surface area (Å²) in [6.07, 6.45) is 1.72. The number of rotatable bonds is 9. The summed E-state index contributed by atoms with van der Waals surface area (Å²) in [4.78, 5) is 10.9. The molecule has 0 saturated carbocycles. The second-order valence-electron chi connectivity index (χ2n) is 7.27. The van der Waals surface area contributed by atoms with Gasteiger partial charge >= 0.3 is 0 Å². The Labute approximate surface area is 200 Å². The maximum absolute atomic E-state index is 5.62. The van der Waals surface area contributed by atoms with E-state index in [0.29, 0.717) is 13.1 Å². The summed E-state index contributed by atoms with van der Waals surface area (Å²) in [7, 11) is 4.12. The van der Waals surface area contributed by atoms with E-state index in [1.165, 1.54) is 4.88 Å². The molecule has 9 heteroatoms. The number of hydrogen-bond acceptors (Lipinski definition) is 6.